The van der Waals surface area contributed by atoms with E-state index in [4.69, 9.17) is 10.5 Å². The summed E-state index contributed by atoms with van der Waals surface area (Å²) in [4.78, 5) is 15.3. The van der Waals surface area contributed by atoms with Gasteiger partial charge in [0, 0.05) is 18.9 Å². The molecule has 1 heterocycles. The van der Waals surface area contributed by atoms with Crippen LogP contribution in [-0.4, -0.2) is 24.2 Å². The summed E-state index contributed by atoms with van der Waals surface area (Å²) >= 11 is 0. The van der Waals surface area contributed by atoms with Crippen molar-refractivity contribution in [2.75, 3.05) is 13.2 Å². The number of carbonyl (C=O) groups is 1. The number of alkyl carbamates (subject to hydrolysis) is 1. The largest absolute Gasteiger partial charge is 0.450 e. The van der Waals surface area contributed by atoms with Crippen LogP contribution in [0.15, 0.2) is 18.5 Å². The zero-order valence-corrected chi connectivity index (χ0v) is 9.56. The van der Waals surface area contributed by atoms with Crippen LogP contribution in [0.1, 0.15) is 24.1 Å². The number of hydrogen-bond donors (Lipinski definition) is 2. The highest BCUT2D eigenvalue weighted by Gasteiger charge is 2.15. The normalized spacial score (nSPS) is 11.9. The van der Waals surface area contributed by atoms with Gasteiger partial charge in [0.05, 0.1) is 12.6 Å². The van der Waals surface area contributed by atoms with Crippen molar-refractivity contribution in [2.24, 2.45) is 5.73 Å². The first-order chi connectivity index (χ1) is 7.69. The van der Waals surface area contributed by atoms with E-state index < -0.39 is 6.09 Å². The highest BCUT2D eigenvalue weighted by molar-refractivity contribution is 5.68. The Balaban J connectivity index is 2.75. The average molecular weight is 223 g/mol. The maximum atomic E-state index is 11.3. The van der Waals surface area contributed by atoms with Gasteiger partial charge < -0.3 is 15.8 Å². The highest BCUT2D eigenvalue weighted by Crippen LogP contribution is 2.14. The molecule has 0 aliphatic heterocycles. The van der Waals surface area contributed by atoms with E-state index >= 15 is 0 Å². The van der Waals surface area contributed by atoms with Crippen LogP contribution in [0, 0.1) is 6.92 Å². The molecule has 0 aromatic carbocycles. The summed E-state index contributed by atoms with van der Waals surface area (Å²) in [5.41, 5.74) is 7.58. The van der Waals surface area contributed by atoms with Crippen LogP contribution in [0.4, 0.5) is 4.79 Å². The molecular weight excluding hydrogens is 206 g/mol. The molecule has 1 rings (SSSR count). The standard InChI is InChI=1S/C11H17N3O2/c1-3-16-11(15)14-10(6-12)9-7-13-5-4-8(9)2/h4-5,7,10H,3,6,12H2,1-2H3,(H,14,15). The number of ether oxygens (including phenoxy) is 1. The van der Waals surface area contributed by atoms with Crippen molar-refractivity contribution in [3.05, 3.63) is 29.6 Å². The van der Waals surface area contributed by atoms with Crippen LogP contribution in [0.3, 0.4) is 0 Å². The van der Waals surface area contributed by atoms with E-state index in [9.17, 15) is 4.79 Å². The van der Waals surface area contributed by atoms with Crippen molar-refractivity contribution in [3.63, 3.8) is 0 Å². The lowest BCUT2D eigenvalue weighted by atomic mass is 10.0. The molecule has 0 saturated carbocycles. The first-order valence-corrected chi connectivity index (χ1v) is 5.22. The number of aromatic nitrogens is 1. The van der Waals surface area contributed by atoms with Crippen molar-refractivity contribution < 1.29 is 9.53 Å². The van der Waals surface area contributed by atoms with Gasteiger partial charge in [-0.15, -0.1) is 0 Å². The van der Waals surface area contributed by atoms with Gasteiger partial charge in [-0.05, 0) is 31.0 Å². The van der Waals surface area contributed by atoms with Crippen LogP contribution < -0.4 is 11.1 Å². The third kappa shape index (κ3) is 3.20. The van der Waals surface area contributed by atoms with Gasteiger partial charge >= 0.3 is 6.09 Å². The first-order valence-electron chi connectivity index (χ1n) is 5.22. The summed E-state index contributed by atoms with van der Waals surface area (Å²) < 4.78 is 4.81. The molecule has 1 atom stereocenters. The van der Waals surface area contributed by atoms with E-state index in [1.165, 1.54) is 0 Å². The van der Waals surface area contributed by atoms with Crippen LogP contribution in [-0.2, 0) is 4.74 Å². The predicted molar refractivity (Wildman–Crippen MR) is 60.9 cm³/mol. The fourth-order valence-electron chi connectivity index (χ4n) is 1.42. The second-order valence-corrected chi connectivity index (χ2v) is 3.39. The molecule has 5 nitrogen and oxygen atoms in total. The number of amides is 1. The fourth-order valence-corrected chi connectivity index (χ4v) is 1.42. The Morgan fingerprint density at radius 2 is 2.44 bits per heavy atom. The third-order valence-corrected chi connectivity index (χ3v) is 2.26. The second kappa shape index (κ2) is 6.07. The maximum absolute atomic E-state index is 11.3. The molecule has 0 aliphatic carbocycles. The molecule has 1 unspecified atom stereocenters. The molecule has 0 bridgehead atoms. The molecule has 0 aliphatic rings. The van der Waals surface area contributed by atoms with Gasteiger partial charge in [-0.2, -0.15) is 0 Å². The van der Waals surface area contributed by atoms with Gasteiger partial charge in [-0.25, -0.2) is 4.79 Å². The zero-order valence-electron chi connectivity index (χ0n) is 9.56. The van der Waals surface area contributed by atoms with Crippen LogP contribution >= 0.6 is 0 Å². The van der Waals surface area contributed by atoms with Gasteiger partial charge in [-0.1, -0.05) is 0 Å². The topological polar surface area (TPSA) is 77.2 Å². The molecule has 1 aromatic rings. The van der Waals surface area contributed by atoms with Gasteiger partial charge in [0.1, 0.15) is 0 Å². The summed E-state index contributed by atoms with van der Waals surface area (Å²) in [6.07, 6.45) is 2.96. The van der Waals surface area contributed by atoms with E-state index in [0.717, 1.165) is 11.1 Å². The lowest BCUT2D eigenvalue weighted by Crippen LogP contribution is -2.34. The number of rotatable bonds is 4. The Morgan fingerprint density at radius 3 is 3.00 bits per heavy atom. The van der Waals surface area contributed by atoms with Crippen molar-refractivity contribution >= 4 is 6.09 Å². The quantitative estimate of drug-likeness (QED) is 0.802. The minimum absolute atomic E-state index is 0.257. The van der Waals surface area contributed by atoms with E-state index in [1.807, 2.05) is 13.0 Å². The van der Waals surface area contributed by atoms with Gasteiger partial charge in [-0.3, -0.25) is 4.98 Å². The van der Waals surface area contributed by atoms with E-state index in [0.29, 0.717) is 13.2 Å². The van der Waals surface area contributed by atoms with E-state index in [-0.39, 0.29) is 6.04 Å². The van der Waals surface area contributed by atoms with Gasteiger partial charge in [0.25, 0.3) is 0 Å². The van der Waals surface area contributed by atoms with Crippen LogP contribution in [0.25, 0.3) is 0 Å². The SMILES string of the molecule is CCOC(=O)NC(CN)c1cnccc1C. The molecule has 0 spiro atoms. The van der Waals surface area contributed by atoms with Crippen molar-refractivity contribution in [1.29, 1.82) is 0 Å². The number of pyridine rings is 1. The molecule has 1 amide bonds. The molecule has 16 heavy (non-hydrogen) atoms. The molecule has 0 radical (unpaired) electrons. The predicted octanol–water partition coefficient (Wildman–Crippen LogP) is 1.14. The fraction of sp³-hybridized carbons (Fsp3) is 0.455. The molecule has 5 heteroatoms. The Kier molecular flexibility index (Phi) is 4.72. The highest BCUT2D eigenvalue weighted by atomic mass is 16.5. The number of aryl methyl sites for hydroxylation is 1. The summed E-state index contributed by atoms with van der Waals surface area (Å²) in [7, 11) is 0. The van der Waals surface area contributed by atoms with Gasteiger partial charge in [0.2, 0.25) is 0 Å². The molecular formula is C11H17N3O2. The van der Waals surface area contributed by atoms with Crippen LogP contribution in [0.2, 0.25) is 0 Å². The van der Waals surface area contributed by atoms with Crippen molar-refractivity contribution in [2.45, 2.75) is 19.9 Å². The van der Waals surface area contributed by atoms with Crippen molar-refractivity contribution in [1.82, 2.24) is 10.3 Å². The lowest BCUT2D eigenvalue weighted by molar-refractivity contribution is 0.148. The number of nitrogens with two attached hydrogens (primary N) is 1. The average Bonchev–Trinajstić information content (AvgIpc) is 2.27. The summed E-state index contributed by atoms with van der Waals surface area (Å²) in [6.45, 7) is 4.36. The summed E-state index contributed by atoms with van der Waals surface area (Å²) in [6, 6.07) is 1.62. The number of nitrogens with one attached hydrogen (secondary N) is 1. The Labute approximate surface area is 95.0 Å². The number of nitrogens with zero attached hydrogens (tertiary/aromatic N) is 1. The molecule has 0 saturated heterocycles. The third-order valence-electron chi connectivity index (χ3n) is 2.26. The summed E-state index contributed by atoms with van der Waals surface area (Å²) in [5.74, 6) is 0. The maximum Gasteiger partial charge on any atom is 0.407 e. The molecule has 3 N–H and O–H groups in total. The lowest BCUT2D eigenvalue weighted by Gasteiger charge is -2.18. The second-order valence-electron chi connectivity index (χ2n) is 3.39. The molecule has 88 valence electrons. The zero-order chi connectivity index (χ0) is 12.0. The Hall–Kier alpha value is -1.62. The molecule has 0 fully saturated rings. The minimum Gasteiger partial charge on any atom is -0.450 e. The summed E-state index contributed by atoms with van der Waals surface area (Å²) in [5, 5.41) is 2.70. The Bertz CT molecular complexity index is 355. The van der Waals surface area contributed by atoms with Crippen LogP contribution in [0.5, 0.6) is 0 Å². The van der Waals surface area contributed by atoms with E-state index in [2.05, 4.69) is 10.3 Å². The van der Waals surface area contributed by atoms with E-state index in [1.54, 1.807) is 19.3 Å². The smallest absolute Gasteiger partial charge is 0.407 e. The molecule has 1 aromatic heterocycles. The number of hydrogen-bond acceptors (Lipinski definition) is 4. The minimum atomic E-state index is -0.457. The number of carbonyl (C=O) groups excluding carboxylic acids is 1. The van der Waals surface area contributed by atoms with Crippen molar-refractivity contribution in [3.8, 4) is 0 Å². The monoisotopic (exact) mass is 223 g/mol. The van der Waals surface area contributed by atoms with Gasteiger partial charge in [0.15, 0.2) is 0 Å². The first kappa shape index (κ1) is 12.4. The Morgan fingerprint density at radius 1 is 1.69 bits per heavy atom.